The molecule has 0 aromatic heterocycles. The maximum atomic E-state index is 10.8. The molecule has 114 valence electrons. The molecule has 0 saturated carbocycles. The SMILES string of the molecule is O=[N+]([O-])c1cccc(O[Si]23OCCN(CCO2)CCO3)c1. The molecule has 0 N–H and O–H groups in total. The molecule has 4 rings (SSSR count). The van der Waals surface area contributed by atoms with E-state index in [0.717, 1.165) is 19.6 Å². The summed E-state index contributed by atoms with van der Waals surface area (Å²) in [5.74, 6) is 0.328. The smallest absolute Gasteiger partial charge is 0.480 e. The molecule has 3 aliphatic heterocycles. The molecule has 3 heterocycles. The monoisotopic (exact) mass is 312 g/mol. The van der Waals surface area contributed by atoms with Crippen LogP contribution in [-0.4, -0.2) is 58.3 Å². The zero-order valence-corrected chi connectivity index (χ0v) is 12.4. The Hall–Kier alpha value is -1.52. The molecule has 0 unspecified atom stereocenters. The summed E-state index contributed by atoms with van der Waals surface area (Å²) in [5.41, 5.74) is -0.0410. The van der Waals surface area contributed by atoms with Gasteiger partial charge in [0.05, 0.1) is 30.8 Å². The van der Waals surface area contributed by atoms with Crippen molar-refractivity contribution in [1.29, 1.82) is 0 Å². The molecular formula is C12H16N2O6Si. The highest BCUT2D eigenvalue weighted by Crippen LogP contribution is 2.25. The van der Waals surface area contributed by atoms with E-state index < -0.39 is 14.0 Å². The number of benzene rings is 1. The van der Waals surface area contributed by atoms with Crippen LogP contribution in [0, 0.1) is 10.1 Å². The zero-order chi connectivity index (χ0) is 14.7. The van der Waals surface area contributed by atoms with Crippen molar-refractivity contribution in [3.8, 4) is 5.75 Å². The molecule has 8 nitrogen and oxygen atoms in total. The van der Waals surface area contributed by atoms with Crippen molar-refractivity contribution in [3.05, 3.63) is 34.4 Å². The predicted molar refractivity (Wildman–Crippen MR) is 73.8 cm³/mol. The molecular weight excluding hydrogens is 296 g/mol. The minimum Gasteiger partial charge on any atom is -0.480 e. The molecule has 9 heteroatoms. The number of hydrogen-bond donors (Lipinski definition) is 0. The third-order valence-electron chi connectivity index (χ3n) is 3.33. The van der Waals surface area contributed by atoms with Gasteiger partial charge in [0.15, 0.2) is 0 Å². The van der Waals surface area contributed by atoms with E-state index in [2.05, 4.69) is 4.90 Å². The fraction of sp³-hybridized carbons (Fsp3) is 0.500. The van der Waals surface area contributed by atoms with Crippen molar-refractivity contribution in [3.63, 3.8) is 0 Å². The Morgan fingerprint density at radius 3 is 2.33 bits per heavy atom. The molecule has 21 heavy (non-hydrogen) atoms. The quantitative estimate of drug-likeness (QED) is 0.463. The lowest BCUT2D eigenvalue weighted by atomic mass is 10.3. The van der Waals surface area contributed by atoms with Gasteiger partial charge in [0.25, 0.3) is 5.69 Å². The van der Waals surface area contributed by atoms with Gasteiger partial charge in [0, 0.05) is 25.7 Å². The van der Waals surface area contributed by atoms with E-state index in [-0.39, 0.29) is 5.69 Å². The molecule has 3 fully saturated rings. The van der Waals surface area contributed by atoms with Crippen LogP contribution in [0.2, 0.25) is 0 Å². The van der Waals surface area contributed by atoms with Crippen molar-refractivity contribution in [2.75, 3.05) is 39.5 Å². The molecule has 0 spiro atoms. The second-order valence-corrected chi connectivity index (χ2v) is 6.81. The first-order valence-electron chi connectivity index (χ1n) is 6.75. The first-order chi connectivity index (χ1) is 10.2. The standard InChI is InChI=1S/C12H16N2O6Si/c15-14(16)11-2-1-3-12(10-11)20-21-17-7-4-13(5-8-18-21)6-9-19-21/h1-3,10H,4-9H2. The van der Waals surface area contributed by atoms with Crippen LogP contribution in [0.25, 0.3) is 0 Å². The van der Waals surface area contributed by atoms with Gasteiger partial charge in [-0.3, -0.25) is 15.0 Å². The summed E-state index contributed by atoms with van der Waals surface area (Å²) < 4.78 is 22.9. The number of nitrogens with zero attached hydrogens (tertiary/aromatic N) is 2. The highest BCUT2D eigenvalue weighted by molar-refractivity contribution is 6.54. The molecule has 0 aliphatic carbocycles. The van der Waals surface area contributed by atoms with E-state index in [1.807, 2.05) is 0 Å². The van der Waals surface area contributed by atoms with Gasteiger partial charge in [-0.2, -0.15) is 0 Å². The molecule has 1 aromatic carbocycles. The number of fused-ring (bicyclic) bond motifs is 6. The highest BCUT2D eigenvalue weighted by Gasteiger charge is 2.50. The van der Waals surface area contributed by atoms with Gasteiger partial charge in [0.2, 0.25) is 0 Å². The second-order valence-electron chi connectivity index (χ2n) is 4.74. The largest absolute Gasteiger partial charge is 0.749 e. The zero-order valence-electron chi connectivity index (χ0n) is 11.4. The van der Waals surface area contributed by atoms with E-state index in [0.29, 0.717) is 25.6 Å². The van der Waals surface area contributed by atoms with Crippen molar-refractivity contribution in [2.45, 2.75) is 0 Å². The predicted octanol–water partition coefficient (Wildman–Crippen LogP) is 0.788. The van der Waals surface area contributed by atoms with Crippen LogP contribution < -0.4 is 4.43 Å². The van der Waals surface area contributed by atoms with Crippen LogP contribution in [-0.2, 0) is 13.3 Å². The summed E-state index contributed by atoms with van der Waals surface area (Å²) in [5, 5.41) is 10.8. The molecule has 0 amide bonds. The van der Waals surface area contributed by atoms with Crippen LogP contribution in [0.3, 0.4) is 0 Å². The van der Waals surface area contributed by atoms with Gasteiger partial charge in [-0.05, 0) is 6.07 Å². The van der Waals surface area contributed by atoms with Gasteiger partial charge in [0.1, 0.15) is 5.75 Å². The molecule has 1 aromatic rings. The maximum absolute atomic E-state index is 10.8. The maximum Gasteiger partial charge on any atom is 0.749 e. The summed E-state index contributed by atoms with van der Waals surface area (Å²) in [6.07, 6.45) is 0. The van der Waals surface area contributed by atoms with E-state index in [4.69, 9.17) is 17.7 Å². The average Bonchev–Trinajstić information content (AvgIpc) is 2.40. The topological polar surface area (TPSA) is 83.3 Å². The van der Waals surface area contributed by atoms with Crippen LogP contribution in [0.15, 0.2) is 24.3 Å². The summed E-state index contributed by atoms with van der Waals surface area (Å²) >= 11 is 0. The van der Waals surface area contributed by atoms with E-state index in [1.165, 1.54) is 12.1 Å². The Morgan fingerprint density at radius 1 is 1.14 bits per heavy atom. The van der Waals surface area contributed by atoms with Crippen LogP contribution in [0.1, 0.15) is 0 Å². The first-order valence-corrected chi connectivity index (χ1v) is 8.38. The van der Waals surface area contributed by atoms with Crippen molar-refractivity contribution < 1.29 is 22.6 Å². The molecule has 3 aliphatic rings. The van der Waals surface area contributed by atoms with Gasteiger partial charge in [-0.25, -0.2) is 0 Å². The number of non-ortho nitro benzene ring substituents is 1. The molecule has 2 bridgehead atoms. The third kappa shape index (κ3) is 3.39. The number of nitro groups is 1. The van der Waals surface area contributed by atoms with Crippen LogP contribution in [0.4, 0.5) is 5.69 Å². The average molecular weight is 312 g/mol. The Kier molecular flexibility index (Phi) is 4.17. The molecule has 0 radical (unpaired) electrons. The molecule has 3 saturated heterocycles. The van der Waals surface area contributed by atoms with Gasteiger partial charge < -0.3 is 17.7 Å². The minimum absolute atomic E-state index is 0.0410. The summed E-state index contributed by atoms with van der Waals surface area (Å²) in [6, 6.07) is 5.95. The van der Waals surface area contributed by atoms with E-state index in [1.54, 1.807) is 12.1 Å². The van der Waals surface area contributed by atoms with Crippen LogP contribution >= 0.6 is 0 Å². The first kappa shape index (κ1) is 14.4. The van der Waals surface area contributed by atoms with Gasteiger partial charge in [-0.15, -0.1) is 0 Å². The fourth-order valence-corrected chi connectivity index (χ4v) is 4.12. The van der Waals surface area contributed by atoms with Crippen molar-refractivity contribution in [2.24, 2.45) is 0 Å². The van der Waals surface area contributed by atoms with E-state index in [9.17, 15) is 10.1 Å². The lowest BCUT2D eigenvalue weighted by Crippen LogP contribution is -2.59. The Bertz CT molecular complexity index is 502. The van der Waals surface area contributed by atoms with Crippen LogP contribution in [0.5, 0.6) is 5.75 Å². The Morgan fingerprint density at radius 2 is 1.76 bits per heavy atom. The van der Waals surface area contributed by atoms with Crippen molar-refractivity contribution in [1.82, 2.24) is 4.90 Å². The summed E-state index contributed by atoms with van der Waals surface area (Å²) in [7, 11) is -3.28. The number of nitro benzene ring substituents is 1. The van der Waals surface area contributed by atoms with E-state index >= 15 is 0 Å². The highest BCUT2D eigenvalue weighted by atomic mass is 28.4. The lowest BCUT2D eigenvalue weighted by Gasteiger charge is -2.36. The van der Waals surface area contributed by atoms with Gasteiger partial charge in [-0.1, -0.05) is 6.07 Å². The fourth-order valence-electron chi connectivity index (χ4n) is 2.25. The Labute approximate surface area is 122 Å². The number of rotatable bonds is 3. The summed E-state index contributed by atoms with van der Waals surface area (Å²) in [4.78, 5) is 12.5. The normalized spacial score (nSPS) is 29.2. The minimum atomic E-state index is -3.28. The lowest BCUT2D eigenvalue weighted by molar-refractivity contribution is -0.384. The molecule has 0 atom stereocenters. The summed E-state index contributed by atoms with van der Waals surface area (Å²) in [6.45, 7) is 3.79. The van der Waals surface area contributed by atoms with Crippen molar-refractivity contribution >= 4 is 14.7 Å². The second kappa shape index (κ2) is 6.08. The number of hydrogen-bond acceptors (Lipinski definition) is 7. The Balaban J connectivity index is 1.80. The van der Waals surface area contributed by atoms with Gasteiger partial charge >= 0.3 is 9.05 Å². The third-order valence-corrected chi connectivity index (χ3v) is 5.49.